The number of aldehydes is 1. The molecule has 0 saturated heterocycles. The molecular formula is C8H10N2O2S. The maximum Gasteiger partial charge on any atom is 0.253 e. The molecule has 1 amide bonds. The first-order valence-corrected chi connectivity index (χ1v) is 4.90. The van der Waals surface area contributed by atoms with Crippen LogP contribution in [-0.4, -0.2) is 29.0 Å². The molecule has 0 atom stereocenters. The van der Waals surface area contributed by atoms with Gasteiger partial charge in [0.25, 0.3) is 5.91 Å². The maximum absolute atomic E-state index is 11.2. The number of amides is 1. The lowest BCUT2D eigenvalue weighted by Gasteiger charge is -1.96. The van der Waals surface area contributed by atoms with E-state index >= 15 is 0 Å². The van der Waals surface area contributed by atoms with Gasteiger partial charge in [0.15, 0.2) is 0 Å². The van der Waals surface area contributed by atoms with E-state index in [0.29, 0.717) is 11.8 Å². The van der Waals surface area contributed by atoms with Crippen LogP contribution >= 0.6 is 11.9 Å². The molecule has 0 aliphatic rings. The Balaban J connectivity index is 2.60. The molecule has 13 heavy (non-hydrogen) atoms. The summed E-state index contributed by atoms with van der Waals surface area (Å²) >= 11 is 1.50. The van der Waals surface area contributed by atoms with Gasteiger partial charge in [-0.25, -0.2) is 0 Å². The number of hydrogen-bond donors (Lipinski definition) is 1. The van der Waals surface area contributed by atoms with Gasteiger partial charge in [-0.3, -0.25) is 8.77 Å². The van der Waals surface area contributed by atoms with Gasteiger partial charge < -0.3 is 10.1 Å². The Morgan fingerprint density at radius 1 is 1.77 bits per heavy atom. The third-order valence-corrected chi connectivity index (χ3v) is 2.14. The maximum atomic E-state index is 11.2. The third kappa shape index (κ3) is 2.62. The number of aromatic nitrogens is 1. The Kier molecular flexibility index (Phi) is 3.57. The van der Waals surface area contributed by atoms with Crippen LogP contribution in [0.4, 0.5) is 0 Å². The molecule has 0 aliphatic heterocycles. The lowest BCUT2D eigenvalue weighted by atomic mass is 10.3. The molecule has 0 fully saturated rings. The summed E-state index contributed by atoms with van der Waals surface area (Å²) in [7, 11) is 0. The van der Waals surface area contributed by atoms with Crippen LogP contribution in [0.2, 0.25) is 0 Å². The quantitative estimate of drug-likeness (QED) is 0.718. The second-order valence-electron chi connectivity index (χ2n) is 2.32. The molecule has 1 heterocycles. The Hall–Kier alpha value is -1.23. The van der Waals surface area contributed by atoms with Gasteiger partial charge in [-0.15, -0.1) is 0 Å². The number of carbonyl (C=O) groups is 2. The molecule has 0 radical (unpaired) electrons. The van der Waals surface area contributed by atoms with Crippen molar-refractivity contribution < 1.29 is 9.59 Å². The van der Waals surface area contributed by atoms with Crippen molar-refractivity contribution in [2.75, 3.05) is 12.8 Å². The van der Waals surface area contributed by atoms with Gasteiger partial charge in [-0.2, -0.15) is 0 Å². The molecule has 4 nitrogen and oxygen atoms in total. The molecule has 0 saturated carbocycles. The van der Waals surface area contributed by atoms with Gasteiger partial charge in [0, 0.05) is 18.6 Å². The average molecular weight is 198 g/mol. The molecule has 0 spiro atoms. The van der Waals surface area contributed by atoms with Crippen LogP contribution in [0.1, 0.15) is 10.4 Å². The predicted octanol–water partition coefficient (Wildman–Crippen LogP) is 0.543. The number of nitrogens with zero attached hydrogens (tertiary/aromatic N) is 1. The summed E-state index contributed by atoms with van der Waals surface area (Å²) in [6.45, 7) is 0.0588. The van der Waals surface area contributed by atoms with Crippen molar-refractivity contribution in [2.24, 2.45) is 0 Å². The third-order valence-electron chi connectivity index (χ3n) is 1.49. The smallest absolute Gasteiger partial charge is 0.253 e. The zero-order valence-corrected chi connectivity index (χ0v) is 8.00. The van der Waals surface area contributed by atoms with Crippen LogP contribution in [-0.2, 0) is 4.79 Å². The first kappa shape index (κ1) is 9.85. The molecule has 0 aromatic carbocycles. The van der Waals surface area contributed by atoms with Gasteiger partial charge in [0.05, 0.1) is 12.1 Å². The fourth-order valence-corrected chi connectivity index (χ4v) is 1.26. The summed E-state index contributed by atoms with van der Waals surface area (Å²) in [6, 6.07) is 1.70. The molecular weight excluding hydrogens is 188 g/mol. The highest BCUT2D eigenvalue weighted by atomic mass is 32.2. The zero-order valence-electron chi connectivity index (χ0n) is 7.19. The summed E-state index contributed by atoms with van der Waals surface area (Å²) in [5.41, 5.74) is 0.566. The van der Waals surface area contributed by atoms with Gasteiger partial charge in [0.2, 0.25) is 0 Å². The lowest BCUT2D eigenvalue weighted by Crippen LogP contribution is -2.24. The molecule has 1 aromatic heterocycles. The van der Waals surface area contributed by atoms with E-state index in [-0.39, 0.29) is 12.5 Å². The summed E-state index contributed by atoms with van der Waals surface area (Å²) in [4.78, 5) is 21.2. The van der Waals surface area contributed by atoms with Crippen LogP contribution in [0.3, 0.4) is 0 Å². The molecule has 5 heteroatoms. The molecule has 1 N–H and O–H groups in total. The number of hydrogen-bond acceptors (Lipinski definition) is 3. The average Bonchev–Trinajstić information content (AvgIpc) is 2.62. The van der Waals surface area contributed by atoms with Gasteiger partial charge >= 0.3 is 0 Å². The summed E-state index contributed by atoms with van der Waals surface area (Å²) < 4.78 is 1.82. The fraction of sp³-hybridized carbons (Fsp3) is 0.250. The van der Waals surface area contributed by atoms with E-state index < -0.39 is 0 Å². The van der Waals surface area contributed by atoms with Crippen molar-refractivity contribution in [2.45, 2.75) is 0 Å². The minimum absolute atomic E-state index is 0.0588. The van der Waals surface area contributed by atoms with E-state index in [1.807, 2.05) is 10.2 Å². The van der Waals surface area contributed by atoms with Gasteiger partial charge in [-0.1, -0.05) is 0 Å². The van der Waals surface area contributed by atoms with Gasteiger partial charge in [-0.05, 0) is 18.0 Å². The highest BCUT2D eigenvalue weighted by Crippen LogP contribution is 2.06. The van der Waals surface area contributed by atoms with Crippen molar-refractivity contribution in [3.8, 4) is 0 Å². The molecule has 1 rings (SSSR count). The van der Waals surface area contributed by atoms with Crippen molar-refractivity contribution in [3.05, 3.63) is 24.0 Å². The summed E-state index contributed by atoms with van der Waals surface area (Å²) in [5, 5.41) is 2.46. The van der Waals surface area contributed by atoms with E-state index in [4.69, 9.17) is 0 Å². The van der Waals surface area contributed by atoms with Crippen LogP contribution in [0.15, 0.2) is 18.5 Å². The van der Waals surface area contributed by atoms with Crippen LogP contribution in [0.5, 0.6) is 0 Å². The number of carbonyl (C=O) groups excluding carboxylic acids is 2. The molecule has 0 bridgehead atoms. The van der Waals surface area contributed by atoms with E-state index in [1.54, 1.807) is 18.5 Å². The Morgan fingerprint density at radius 3 is 3.08 bits per heavy atom. The predicted molar refractivity (Wildman–Crippen MR) is 51.7 cm³/mol. The van der Waals surface area contributed by atoms with E-state index in [1.165, 1.54) is 11.9 Å². The number of nitrogens with one attached hydrogen (secondary N) is 1. The Bertz CT molecular complexity index is 309. The molecule has 0 aliphatic carbocycles. The summed E-state index contributed by atoms with van der Waals surface area (Å²) in [5.74, 6) is -0.222. The normalized spacial score (nSPS) is 9.62. The first-order chi connectivity index (χ1) is 6.27. The van der Waals surface area contributed by atoms with E-state index in [9.17, 15) is 9.59 Å². The minimum atomic E-state index is -0.222. The second-order valence-corrected chi connectivity index (χ2v) is 3.11. The molecule has 70 valence electrons. The summed E-state index contributed by atoms with van der Waals surface area (Å²) in [6.07, 6.45) is 6.07. The monoisotopic (exact) mass is 198 g/mol. The Labute approximate surface area is 80.4 Å². The fourth-order valence-electron chi connectivity index (χ4n) is 0.861. The van der Waals surface area contributed by atoms with Crippen LogP contribution in [0, 0.1) is 0 Å². The highest BCUT2D eigenvalue weighted by molar-refractivity contribution is 7.97. The molecule has 0 unspecified atom stereocenters. The second kappa shape index (κ2) is 4.71. The van der Waals surface area contributed by atoms with Crippen molar-refractivity contribution >= 4 is 24.1 Å². The standard InChI is InChI=1S/C8H10N2O2S/c1-13-10-4-2-7(6-10)8(12)9-3-5-11/h2,4-6H,3H2,1H3,(H,9,12). The van der Waals surface area contributed by atoms with E-state index in [0.717, 1.165) is 0 Å². The SMILES string of the molecule is CSn1ccc(C(=O)NCC=O)c1. The van der Waals surface area contributed by atoms with E-state index in [2.05, 4.69) is 5.32 Å². The van der Waals surface area contributed by atoms with Gasteiger partial charge in [0.1, 0.15) is 6.29 Å². The van der Waals surface area contributed by atoms with Crippen LogP contribution in [0.25, 0.3) is 0 Å². The topological polar surface area (TPSA) is 51.1 Å². The largest absolute Gasteiger partial charge is 0.345 e. The highest BCUT2D eigenvalue weighted by Gasteiger charge is 2.05. The lowest BCUT2D eigenvalue weighted by molar-refractivity contribution is -0.107. The van der Waals surface area contributed by atoms with Crippen LogP contribution < -0.4 is 5.32 Å². The van der Waals surface area contributed by atoms with Crippen molar-refractivity contribution in [1.29, 1.82) is 0 Å². The minimum Gasteiger partial charge on any atom is -0.345 e. The van der Waals surface area contributed by atoms with Crippen molar-refractivity contribution in [1.82, 2.24) is 9.29 Å². The molecule has 1 aromatic rings. The number of rotatable bonds is 4. The first-order valence-electron chi connectivity index (χ1n) is 3.72. The van der Waals surface area contributed by atoms with Crippen molar-refractivity contribution in [3.63, 3.8) is 0 Å². The zero-order chi connectivity index (χ0) is 9.68. The Morgan fingerprint density at radius 2 is 2.54 bits per heavy atom.